The molecule has 0 aromatic carbocycles. The second-order valence-corrected chi connectivity index (χ2v) is 16.8. The number of aliphatic hydroxyl groups excluding tert-OH is 9. The zero-order chi connectivity index (χ0) is 36.8. The molecule has 0 aromatic rings. The highest BCUT2D eigenvalue weighted by Gasteiger charge is 2.62. The first-order valence-electron chi connectivity index (χ1n) is 18.1. The van der Waals surface area contributed by atoms with Crippen molar-refractivity contribution in [3.05, 3.63) is 0 Å². The van der Waals surface area contributed by atoms with Gasteiger partial charge in [0.15, 0.2) is 12.6 Å². The minimum Gasteiger partial charge on any atom is -0.388 e. The SMILES string of the molecule is O=P(O)(O)OC[C@H]1O[C@H](OC[C@H]2O[C@H](OC[C@H]3O[C@H](C4(C5CCC(CCC6CCC6)C5)CC4)[C@@H](O)[C@@H](O)[C@@H]3O)[C@@H](O)[C@@H](O)[C@@H]2O)[C@@H](O)[C@@H](O)[C@@H]1O. The van der Waals surface area contributed by atoms with Gasteiger partial charge in [0.1, 0.15) is 73.2 Å². The smallest absolute Gasteiger partial charge is 0.388 e. The Morgan fingerprint density at radius 1 is 0.569 bits per heavy atom. The molecule has 2 unspecified atom stereocenters. The average molecular weight is 759 g/mol. The molecule has 0 bridgehead atoms. The van der Waals surface area contributed by atoms with Crippen molar-refractivity contribution in [2.45, 2.75) is 156 Å². The van der Waals surface area contributed by atoms with Gasteiger partial charge in [-0.1, -0.05) is 38.5 Å². The lowest BCUT2D eigenvalue weighted by Gasteiger charge is -2.46. The summed E-state index contributed by atoms with van der Waals surface area (Å²) in [5.41, 5.74) is -0.329. The maximum atomic E-state index is 11.1. The minimum absolute atomic E-state index is 0.318. The average Bonchev–Trinajstić information content (AvgIpc) is 3.73. The zero-order valence-corrected chi connectivity index (χ0v) is 29.2. The Kier molecular flexibility index (Phi) is 12.9. The van der Waals surface area contributed by atoms with E-state index in [2.05, 4.69) is 4.52 Å². The first-order chi connectivity index (χ1) is 24.1. The van der Waals surface area contributed by atoms with E-state index >= 15 is 0 Å². The van der Waals surface area contributed by atoms with Crippen LogP contribution in [0.15, 0.2) is 0 Å². The number of aliphatic hydroxyl groups is 9. The van der Waals surface area contributed by atoms with Crippen molar-refractivity contribution in [1.82, 2.24) is 0 Å². The summed E-state index contributed by atoms with van der Waals surface area (Å²) in [5.74, 6) is 1.79. The Morgan fingerprint density at radius 3 is 1.55 bits per heavy atom. The molecule has 6 fully saturated rings. The number of hydrogen-bond donors (Lipinski definition) is 11. The molecule has 11 N–H and O–H groups in total. The molecule has 0 aromatic heterocycles. The van der Waals surface area contributed by atoms with Crippen molar-refractivity contribution < 1.29 is 88.5 Å². The van der Waals surface area contributed by atoms with Gasteiger partial charge in [0.25, 0.3) is 0 Å². The van der Waals surface area contributed by atoms with Gasteiger partial charge in [-0.05, 0) is 43.4 Å². The lowest BCUT2D eigenvalue weighted by Crippen LogP contribution is -2.63. The molecule has 0 radical (unpaired) electrons. The molecule has 0 spiro atoms. The summed E-state index contributed by atoms with van der Waals surface area (Å²) in [6.07, 6.45) is -12.2. The van der Waals surface area contributed by atoms with Crippen LogP contribution >= 0.6 is 7.82 Å². The molecule has 18 nitrogen and oxygen atoms in total. The second-order valence-electron chi connectivity index (χ2n) is 15.5. The van der Waals surface area contributed by atoms with Crippen molar-refractivity contribution in [2.24, 2.45) is 23.2 Å². The predicted octanol–water partition coefficient (Wildman–Crippen LogP) is -2.63. The summed E-state index contributed by atoms with van der Waals surface area (Å²) < 4.78 is 43.9. The van der Waals surface area contributed by atoms with Gasteiger partial charge in [0, 0.05) is 5.41 Å². The van der Waals surface area contributed by atoms with Crippen LogP contribution in [0.2, 0.25) is 0 Å². The largest absolute Gasteiger partial charge is 0.469 e. The van der Waals surface area contributed by atoms with Gasteiger partial charge < -0.3 is 79.4 Å². The van der Waals surface area contributed by atoms with Crippen LogP contribution in [0, 0.1) is 23.2 Å². The Bertz CT molecular complexity index is 1180. The van der Waals surface area contributed by atoms with Gasteiger partial charge in [-0.3, -0.25) is 4.52 Å². The molecular weight excluding hydrogens is 703 g/mol. The molecule has 0 amide bonds. The quantitative estimate of drug-likeness (QED) is 0.0808. The Labute approximate surface area is 295 Å². The van der Waals surface area contributed by atoms with E-state index in [-0.39, 0.29) is 5.41 Å². The molecule has 3 aliphatic heterocycles. The van der Waals surface area contributed by atoms with E-state index in [0.29, 0.717) is 11.8 Å². The Hall–Kier alpha value is -0.450. The molecule has 3 saturated carbocycles. The van der Waals surface area contributed by atoms with E-state index in [9.17, 15) is 50.5 Å². The monoisotopic (exact) mass is 758 g/mol. The first kappa shape index (κ1) is 40.2. The summed E-state index contributed by atoms with van der Waals surface area (Å²) >= 11 is 0. The molecule has 3 saturated heterocycles. The summed E-state index contributed by atoms with van der Waals surface area (Å²) in [6.45, 7) is -1.94. The van der Waals surface area contributed by atoms with Crippen LogP contribution < -0.4 is 0 Å². The van der Waals surface area contributed by atoms with E-state index in [1.807, 2.05) is 0 Å². The van der Waals surface area contributed by atoms with Crippen LogP contribution in [-0.4, -0.2) is 167 Å². The fraction of sp³-hybridized carbons (Fsp3) is 1.00. The van der Waals surface area contributed by atoms with E-state index in [1.165, 1.54) is 32.1 Å². The van der Waals surface area contributed by atoms with Gasteiger partial charge in [-0.15, -0.1) is 0 Å². The second kappa shape index (κ2) is 16.3. The molecule has 17 atom stereocenters. The normalized spacial score (nSPS) is 47.6. The van der Waals surface area contributed by atoms with Gasteiger partial charge in [0.05, 0.1) is 25.9 Å². The number of ether oxygens (including phenoxy) is 5. The van der Waals surface area contributed by atoms with Gasteiger partial charge >= 0.3 is 7.82 Å². The number of phosphoric ester groups is 1. The van der Waals surface area contributed by atoms with E-state index in [4.69, 9.17) is 33.5 Å². The van der Waals surface area contributed by atoms with Gasteiger partial charge in [-0.25, -0.2) is 4.57 Å². The molecular formula is C32H55O18P. The third kappa shape index (κ3) is 8.84. The molecule has 51 heavy (non-hydrogen) atoms. The molecule has 3 heterocycles. The van der Waals surface area contributed by atoms with Gasteiger partial charge in [0.2, 0.25) is 0 Å². The Morgan fingerprint density at radius 2 is 1.06 bits per heavy atom. The molecule has 6 aliphatic rings. The number of phosphoric acid groups is 1. The third-order valence-electron chi connectivity index (χ3n) is 12.3. The van der Waals surface area contributed by atoms with Crippen molar-refractivity contribution in [1.29, 1.82) is 0 Å². The van der Waals surface area contributed by atoms with Crippen molar-refractivity contribution in [3.63, 3.8) is 0 Å². The summed E-state index contributed by atoms with van der Waals surface area (Å²) in [4.78, 5) is 17.9. The topological polar surface area (TPSA) is 295 Å². The van der Waals surface area contributed by atoms with Crippen molar-refractivity contribution in [3.8, 4) is 0 Å². The highest BCUT2D eigenvalue weighted by molar-refractivity contribution is 7.46. The van der Waals surface area contributed by atoms with E-state index in [1.54, 1.807) is 0 Å². The van der Waals surface area contributed by atoms with Crippen LogP contribution in [0.4, 0.5) is 0 Å². The highest BCUT2D eigenvalue weighted by atomic mass is 31.2. The van der Waals surface area contributed by atoms with Gasteiger partial charge in [-0.2, -0.15) is 0 Å². The number of rotatable bonds is 14. The van der Waals surface area contributed by atoms with Crippen LogP contribution in [-0.2, 0) is 32.8 Å². The molecule has 19 heteroatoms. The lowest BCUT2D eigenvalue weighted by atomic mass is 9.76. The maximum Gasteiger partial charge on any atom is 0.469 e. The van der Waals surface area contributed by atoms with Crippen molar-refractivity contribution >= 4 is 7.82 Å². The van der Waals surface area contributed by atoms with Crippen LogP contribution in [0.1, 0.15) is 64.2 Å². The molecule has 3 aliphatic carbocycles. The standard InChI is InChI=1S/C32H55O18P/c33-20-17(48-29(26(39)23(20)36)32(8-9-32)16-7-6-15(10-16)5-4-14-2-1-3-14)11-45-30-27(40)24(37)21(34)18(49-30)12-46-31-28(41)25(38)22(35)19(50-31)13-47-51(42,43)44/h14-31,33-41H,1-13H2,(H2,42,43,44)/t15?,16?,17-,18-,19-,20-,21-,22-,23+,24+,25+,26+,27+,28+,29+,30+,31+/m1/s1. The van der Waals surface area contributed by atoms with Crippen LogP contribution in [0.5, 0.6) is 0 Å². The fourth-order valence-corrected chi connectivity index (χ4v) is 9.02. The minimum atomic E-state index is -4.97. The van der Waals surface area contributed by atoms with Crippen LogP contribution in [0.3, 0.4) is 0 Å². The first-order valence-corrected chi connectivity index (χ1v) is 19.6. The number of hydrogen-bond acceptors (Lipinski definition) is 16. The summed E-state index contributed by atoms with van der Waals surface area (Å²) in [6, 6.07) is 0. The summed E-state index contributed by atoms with van der Waals surface area (Å²) in [5, 5.41) is 95.4. The summed E-state index contributed by atoms with van der Waals surface area (Å²) in [7, 11) is -4.97. The third-order valence-corrected chi connectivity index (χ3v) is 12.7. The predicted molar refractivity (Wildman–Crippen MR) is 169 cm³/mol. The maximum absolute atomic E-state index is 11.1. The van der Waals surface area contributed by atoms with Crippen LogP contribution in [0.25, 0.3) is 0 Å². The van der Waals surface area contributed by atoms with E-state index in [0.717, 1.165) is 38.0 Å². The Balaban J connectivity index is 1.04. The molecule has 6 rings (SSSR count). The highest BCUT2D eigenvalue weighted by Crippen LogP contribution is 2.63. The van der Waals surface area contributed by atoms with Crippen molar-refractivity contribution in [2.75, 3.05) is 19.8 Å². The fourth-order valence-electron chi connectivity index (χ4n) is 8.68. The molecule has 296 valence electrons. The lowest BCUT2D eigenvalue weighted by molar-refractivity contribution is -0.336. The zero-order valence-electron chi connectivity index (χ0n) is 28.3. The van der Waals surface area contributed by atoms with E-state index < -0.39 is 120 Å².